The van der Waals surface area contributed by atoms with Crippen LogP contribution in [0.15, 0.2) is 72.8 Å². The molecule has 3 aromatic rings. The first-order chi connectivity index (χ1) is 23.8. The van der Waals surface area contributed by atoms with E-state index in [4.69, 9.17) is 9.47 Å². The summed E-state index contributed by atoms with van der Waals surface area (Å²) in [5.41, 5.74) is 2.09. The first-order valence-corrected chi connectivity index (χ1v) is 20.1. The fraction of sp³-hybridized carbons (Fsp3) is 0.421. The Morgan fingerprint density at radius 1 is 1.02 bits per heavy atom. The van der Waals surface area contributed by atoms with E-state index in [0.717, 1.165) is 16.7 Å². The third-order valence-electron chi connectivity index (χ3n) is 10.9. The van der Waals surface area contributed by atoms with Gasteiger partial charge in [0.25, 0.3) is 5.91 Å². The van der Waals surface area contributed by atoms with E-state index in [1.807, 2.05) is 61.5 Å². The molecular formula is C38H42FN3O7Si. The Kier molecular flexibility index (Phi) is 8.68. The van der Waals surface area contributed by atoms with Gasteiger partial charge in [-0.2, -0.15) is 0 Å². The summed E-state index contributed by atoms with van der Waals surface area (Å²) < 4.78 is 28.8. The van der Waals surface area contributed by atoms with Gasteiger partial charge in [-0.25, -0.2) is 0 Å². The number of anilines is 2. The monoisotopic (exact) mass is 699 g/mol. The van der Waals surface area contributed by atoms with Gasteiger partial charge in [-0.15, -0.1) is 0 Å². The molecule has 1 unspecified atom stereocenters. The molecule has 50 heavy (non-hydrogen) atoms. The molecule has 4 aliphatic heterocycles. The van der Waals surface area contributed by atoms with Gasteiger partial charge in [0.1, 0.15) is 0 Å². The van der Waals surface area contributed by atoms with E-state index >= 15 is 4.11 Å². The lowest BCUT2D eigenvalue weighted by Gasteiger charge is -2.39. The van der Waals surface area contributed by atoms with Crippen molar-refractivity contribution in [2.24, 2.45) is 5.92 Å². The van der Waals surface area contributed by atoms with Crippen molar-refractivity contribution >= 4 is 43.5 Å². The highest BCUT2D eigenvalue weighted by Crippen LogP contribution is 2.61. The number of carbonyl (C=O) groups is 4. The van der Waals surface area contributed by atoms with Crippen molar-refractivity contribution in [1.29, 1.82) is 0 Å². The van der Waals surface area contributed by atoms with E-state index in [1.165, 1.54) is 11.8 Å². The average molecular weight is 700 g/mol. The molecule has 7 rings (SSSR count). The van der Waals surface area contributed by atoms with Crippen LogP contribution in [-0.4, -0.2) is 67.1 Å². The maximum Gasteiger partial charge on any atom is 0.304 e. The summed E-state index contributed by atoms with van der Waals surface area (Å²) in [5, 5.41) is 10.3. The Morgan fingerprint density at radius 3 is 2.38 bits per heavy atom. The molecule has 3 amide bonds. The van der Waals surface area contributed by atoms with Crippen LogP contribution in [0.3, 0.4) is 0 Å². The van der Waals surface area contributed by atoms with Crippen molar-refractivity contribution in [2.75, 3.05) is 16.4 Å². The normalized spacial score (nSPS) is 27.3. The number of benzene rings is 3. The summed E-state index contributed by atoms with van der Waals surface area (Å²) in [6.07, 6.45) is -1.31. The van der Waals surface area contributed by atoms with Crippen LogP contribution in [0.25, 0.3) is 0 Å². The Balaban J connectivity index is 1.28. The maximum atomic E-state index is 16.6. The molecule has 0 radical (unpaired) electrons. The minimum atomic E-state index is -3.60. The quantitative estimate of drug-likeness (QED) is 0.153. The van der Waals surface area contributed by atoms with Gasteiger partial charge in [-0.1, -0.05) is 61.5 Å². The van der Waals surface area contributed by atoms with Gasteiger partial charge in [0.2, 0.25) is 20.2 Å². The first-order valence-electron chi connectivity index (χ1n) is 17.2. The molecule has 2 fully saturated rings. The maximum absolute atomic E-state index is 16.6. The number of amides is 3. The third-order valence-corrected chi connectivity index (χ3v) is 13.3. The van der Waals surface area contributed by atoms with Crippen molar-refractivity contribution in [3.63, 3.8) is 0 Å². The molecule has 0 bridgehead atoms. The Bertz CT molecular complexity index is 1850. The Labute approximate surface area is 291 Å². The number of aliphatic hydroxyl groups excluding tert-OH is 1. The predicted octanol–water partition coefficient (Wildman–Crippen LogP) is 4.97. The number of carbonyl (C=O) groups excluding carboxylic acids is 4. The molecule has 1 spiro atoms. The lowest BCUT2D eigenvalue weighted by Crippen LogP contribution is -2.55. The third kappa shape index (κ3) is 5.63. The van der Waals surface area contributed by atoms with Crippen LogP contribution in [0.1, 0.15) is 48.9 Å². The zero-order chi connectivity index (χ0) is 35.5. The molecule has 4 heterocycles. The summed E-state index contributed by atoms with van der Waals surface area (Å²) in [6, 6.07) is 22.1. The highest BCUT2D eigenvalue weighted by Gasteiger charge is 2.67. The number of hydrogen-bond donors (Lipinski definition) is 1. The zero-order valence-electron chi connectivity index (χ0n) is 28.7. The number of fused-ring (bicyclic) bond motifs is 3. The molecular weight excluding hydrogens is 658 g/mol. The largest absolute Gasteiger partial charge is 0.441 e. The predicted molar refractivity (Wildman–Crippen MR) is 186 cm³/mol. The number of rotatable bonds is 8. The molecule has 4 aliphatic rings. The SMILES string of the molecule is CC(=O)OC1CC(=O)N1c1ccc2c(c1)[C@@]1(O[C@H](CC(=O)N3Cc4ccccc4C[C@H]3CO)[C@@H]([Si](C)(C)F)[C@@H]1C)C(=O)N2Cc1ccccc1. The minimum absolute atomic E-state index is 0.0392. The number of esters is 1. The second-order valence-electron chi connectivity index (χ2n) is 14.4. The zero-order valence-corrected chi connectivity index (χ0v) is 29.7. The Hall–Kier alpha value is -4.39. The molecule has 1 N–H and O–H groups in total. The van der Waals surface area contributed by atoms with Crippen molar-refractivity contribution in [3.05, 3.63) is 95.1 Å². The lowest BCUT2D eigenvalue weighted by atomic mass is 9.82. The molecule has 0 saturated carbocycles. The fourth-order valence-electron chi connectivity index (χ4n) is 8.62. The van der Waals surface area contributed by atoms with Crippen LogP contribution in [0.5, 0.6) is 0 Å². The standard InChI is InChI=1S/C38H42FN3O7Si/c1-23-36(50(3,4)39)32(18-33(45)40-21-27-13-9-8-12-26(27)16-29(40)22-43)49-38(23)30-17-28(42-34(46)19-35(42)48-24(2)44)14-15-31(30)41(37(38)47)20-25-10-6-5-7-11-25/h5-15,17,23,29,32,35-36,43H,16,18-22H2,1-4H3/t23-,29-,32+,35?,36-,38+/m0/s1. The molecule has 12 heteroatoms. The molecule has 0 aromatic heterocycles. The van der Waals surface area contributed by atoms with Crippen molar-refractivity contribution in [1.82, 2.24) is 4.90 Å². The lowest BCUT2D eigenvalue weighted by molar-refractivity contribution is -0.154. The van der Waals surface area contributed by atoms with Gasteiger partial charge in [0, 0.05) is 36.2 Å². The summed E-state index contributed by atoms with van der Waals surface area (Å²) in [7, 11) is -3.60. The van der Waals surface area contributed by atoms with Crippen LogP contribution < -0.4 is 9.80 Å². The van der Waals surface area contributed by atoms with Gasteiger partial charge in [0.15, 0.2) is 11.8 Å². The van der Waals surface area contributed by atoms with Crippen LogP contribution in [0.2, 0.25) is 18.6 Å². The molecule has 0 aliphatic carbocycles. The number of β-lactam (4-membered cyclic amide) rings is 1. The molecule has 2 saturated heterocycles. The molecule has 6 atom stereocenters. The second kappa shape index (κ2) is 12.7. The number of nitrogens with zero attached hydrogens (tertiary/aromatic N) is 3. The van der Waals surface area contributed by atoms with Gasteiger partial charge in [0.05, 0.1) is 43.8 Å². The highest BCUT2D eigenvalue weighted by molar-refractivity contribution is 6.72. The smallest absolute Gasteiger partial charge is 0.304 e. The van der Waals surface area contributed by atoms with Gasteiger partial charge >= 0.3 is 5.97 Å². The van der Waals surface area contributed by atoms with E-state index in [2.05, 4.69) is 0 Å². The molecule has 10 nitrogen and oxygen atoms in total. The van der Waals surface area contributed by atoms with Gasteiger partial charge in [-0.05, 0) is 54.4 Å². The van der Waals surface area contributed by atoms with E-state index in [1.54, 1.807) is 41.1 Å². The van der Waals surface area contributed by atoms with E-state index in [9.17, 15) is 24.3 Å². The van der Waals surface area contributed by atoms with Crippen LogP contribution in [0, 0.1) is 5.92 Å². The topological polar surface area (TPSA) is 117 Å². The summed E-state index contributed by atoms with van der Waals surface area (Å²) in [5.74, 6) is -2.05. The fourth-order valence-corrected chi connectivity index (χ4v) is 11.1. The second-order valence-corrected chi connectivity index (χ2v) is 18.2. The summed E-state index contributed by atoms with van der Waals surface area (Å²) >= 11 is 0. The van der Waals surface area contributed by atoms with Gasteiger partial charge < -0.3 is 28.5 Å². The number of ether oxygens (including phenoxy) is 2. The van der Waals surface area contributed by atoms with Crippen LogP contribution in [-0.2, 0) is 53.8 Å². The average Bonchev–Trinajstić information content (AvgIpc) is 3.49. The van der Waals surface area contributed by atoms with Crippen molar-refractivity contribution < 1.29 is 37.9 Å². The van der Waals surface area contributed by atoms with E-state index < -0.39 is 49.8 Å². The first kappa shape index (κ1) is 34.1. The van der Waals surface area contributed by atoms with Crippen LogP contribution in [0.4, 0.5) is 15.5 Å². The van der Waals surface area contributed by atoms with E-state index in [-0.39, 0.29) is 43.7 Å². The van der Waals surface area contributed by atoms with Crippen LogP contribution >= 0.6 is 0 Å². The number of hydrogen-bond acceptors (Lipinski definition) is 7. The Morgan fingerprint density at radius 2 is 1.72 bits per heavy atom. The minimum Gasteiger partial charge on any atom is -0.441 e. The van der Waals surface area contributed by atoms with Gasteiger partial charge in [-0.3, -0.25) is 24.1 Å². The summed E-state index contributed by atoms with van der Waals surface area (Å²) in [4.78, 5) is 58.3. The number of aliphatic hydroxyl groups is 1. The van der Waals surface area contributed by atoms with E-state index in [0.29, 0.717) is 29.9 Å². The molecule has 3 aromatic carbocycles. The summed E-state index contributed by atoms with van der Waals surface area (Å²) in [6.45, 7) is 6.61. The molecule has 262 valence electrons. The van der Waals surface area contributed by atoms with Crippen molar-refractivity contribution in [3.8, 4) is 0 Å². The number of halogens is 1. The highest BCUT2D eigenvalue weighted by atomic mass is 28.4. The van der Waals surface area contributed by atoms with Crippen molar-refractivity contribution in [2.45, 2.75) is 88.8 Å².